The molecule has 20 heavy (non-hydrogen) atoms. The van der Waals surface area contributed by atoms with Crippen molar-refractivity contribution >= 4 is 4.21 Å². The molecular formula is C19H26Zr-2. The molecule has 0 bridgehead atoms. The molecule has 1 heteroatoms. The summed E-state index contributed by atoms with van der Waals surface area (Å²) in [6.07, 6.45) is 26.1. The zero-order valence-electron chi connectivity index (χ0n) is 14.2. The van der Waals surface area contributed by atoms with Crippen molar-refractivity contribution in [2.75, 3.05) is 0 Å². The molecule has 108 valence electrons. The van der Waals surface area contributed by atoms with E-state index in [0.717, 1.165) is 11.8 Å². The van der Waals surface area contributed by atoms with Gasteiger partial charge in [0.25, 0.3) is 0 Å². The van der Waals surface area contributed by atoms with Gasteiger partial charge in [-0.2, -0.15) is 0 Å². The van der Waals surface area contributed by atoms with Crippen molar-refractivity contribution in [2.24, 2.45) is 11.8 Å². The summed E-state index contributed by atoms with van der Waals surface area (Å²) in [6, 6.07) is 0. The average Bonchev–Trinajstić information content (AvgIpc) is 3.18. The second-order valence-corrected chi connectivity index (χ2v) is 5.62. The first-order valence-corrected chi connectivity index (χ1v) is 9.42. The van der Waals surface area contributed by atoms with Gasteiger partial charge >= 0.3 is 28.4 Å². The van der Waals surface area contributed by atoms with E-state index < -0.39 is 0 Å². The fourth-order valence-corrected chi connectivity index (χ4v) is 3.33. The zero-order chi connectivity index (χ0) is 14.2. The van der Waals surface area contributed by atoms with Crippen molar-refractivity contribution in [3.63, 3.8) is 0 Å². The van der Waals surface area contributed by atoms with E-state index in [2.05, 4.69) is 53.5 Å². The molecule has 0 aromatic heterocycles. The molecule has 0 N–H and O–H groups in total. The minimum Gasteiger partial charge on any atom is -1.00 e. The first-order chi connectivity index (χ1) is 9.93. The van der Waals surface area contributed by atoms with Gasteiger partial charge in [0.15, 0.2) is 0 Å². The van der Waals surface area contributed by atoms with Gasteiger partial charge in [-0.1, -0.05) is 12.8 Å². The van der Waals surface area contributed by atoms with Crippen molar-refractivity contribution in [3.8, 4) is 0 Å². The number of fused-ring (bicyclic) bond motifs is 2. The van der Waals surface area contributed by atoms with Crippen LogP contribution in [0.15, 0.2) is 47.6 Å². The summed E-state index contributed by atoms with van der Waals surface area (Å²) in [5.74, 6) is 1.77. The molecule has 4 rings (SSSR count). The molecule has 4 aliphatic rings. The van der Waals surface area contributed by atoms with Gasteiger partial charge in [-0.05, 0) is 24.7 Å². The minimum atomic E-state index is 0. The van der Waals surface area contributed by atoms with Gasteiger partial charge in [0.2, 0.25) is 0 Å². The van der Waals surface area contributed by atoms with Crippen LogP contribution in [0.2, 0.25) is 0 Å². The van der Waals surface area contributed by atoms with Crippen LogP contribution in [0.1, 0.15) is 41.4 Å². The number of hydrogen-bond acceptors (Lipinski definition) is 0. The van der Waals surface area contributed by atoms with Crippen molar-refractivity contribution in [1.29, 1.82) is 0 Å². The molecule has 0 aromatic carbocycles. The van der Waals surface area contributed by atoms with Gasteiger partial charge in [-0.15, -0.1) is 37.1 Å². The predicted molar refractivity (Wildman–Crippen MR) is 87.1 cm³/mol. The van der Waals surface area contributed by atoms with Gasteiger partial charge in [0.1, 0.15) is 0 Å². The van der Waals surface area contributed by atoms with Gasteiger partial charge < -0.3 is 2.85 Å². The van der Waals surface area contributed by atoms with Crippen LogP contribution in [-0.2, 0) is 24.2 Å². The standard InChI is InChI=1S/2C9H11.CH2.Zr.2H/c2*1-2-5-9-7-3-6-8(9)4-1;;;;/h2*1-2,4,6,9H,3,5,7H2;1H2;;;/q2*-1;;+2;2*-1. The molecule has 2 saturated carbocycles. The Balaban J connectivity index is 0.000000334. The minimum absolute atomic E-state index is 0. The Labute approximate surface area is 142 Å². The maximum atomic E-state index is 3.34. The van der Waals surface area contributed by atoms with Crippen LogP contribution in [0.3, 0.4) is 0 Å². The number of hydrogen-bond donors (Lipinski definition) is 0. The van der Waals surface area contributed by atoms with Crippen molar-refractivity contribution in [3.05, 3.63) is 60.4 Å². The molecule has 2 unspecified atom stereocenters. The third-order valence-electron chi connectivity index (χ3n) is 4.42. The van der Waals surface area contributed by atoms with Crippen molar-refractivity contribution < 1.29 is 27.1 Å². The summed E-state index contributed by atoms with van der Waals surface area (Å²) in [6.45, 7) is 0. The Kier molecular flexibility index (Phi) is 6.87. The van der Waals surface area contributed by atoms with Crippen LogP contribution < -0.4 is 0 Å². The number of allylic oxidation sites excluding steroid dienone is 8. The normalized spacial score (nSPS) is 28.3. The van der Waals surface area contributed by atoms with Crippen LogP contribution in [0.5, 0.6) is 0 Å². The molecule has 0 spiro atoms. The van der Waals surface area contributed by atoms with Gasteiger partial charge in [-0.3, -0.25) is 0 Å². The second-order valence-electron chi connectivity index (χ2n) is 5.62. The smallest absolute Gasteiger partial charge is 1.00 e. The van der Waals surface area contributed by atoms with Crippen LogP contribution >= 0.6 is 0 Å². The summed E-state index contributed by atoms with van der Waals surface area (Å²) < 4.78 is 3.34. The van der Waals surface area contributed by atoms with Crippen LogP contribution in [0.4, 0.5) is 0 Å². The van der Waals surface area contributed by atoms with E-state index in [0.29, 0.717) is 0 Å². The Morgan fingerprint density at radius 2 is 1.35 bits per heavy atom. The van der Waals surface area contributed by atoms with Gasteiger partial charge in [0, 0.05) is 0 Å². The zero-order valence-corrected chi connectivity index (χ0v) is 14.7. The van der Waals surface area contributed by atoms with E-state index in [9.17, 15) is 0 Å². The molecule has 0 amide bonds. The van der Waals surface area contributed by atoms with E-state index in [1.54, 1.807) is 11.1 Å². The van der Waals surface area contributed by atoms with E-state index >= 15 is 0 Å². The summed E-state index contributed by atoms with van der Waals surface area (Å²) in [5, 5.41) is 0. The quantitative estimate of drug-likeness (QED) is 0.532. The number of rotatable bonds is 0. The first-order valence-electron chi connectivity index (χ1n) is 7.68. The fourth-order valence-electron chi connectivity index (χ4n) is 3.33. The topological polar surface area (TPSA) is 0 Å². The molecule has 4 aliphatic carbocycles. The van der Waals surface area contributed by atoms with Gasteiger partial charge in [0.05, 0.1) is 0 Å². The maximum absolute atomic E-state index is 3.34. The van der Waals surface area contributed by atoms with Gasteiger partial charge in [-0.25, -0.2) is 36.1 Å². The maximum Gasteiger partial charge on any atom is -1.00 e. The third kappa shape index (κ3) is 4.22. The summed E-state index contributed by atoms with van der Waals surface area (Å²) in [4.78, 5) is 0. The molecule has 0 aromatic rings. The monoisotopic (exact) mass is 344 g/mol. The Hall–Kier alpha value is -0.547. The average molecular weight is 346 g/mol. The SMILES string of the molecule is C1=CCC2CC[CH-]C2=C1.C1=CCC2CC[CH-]C2=C1.[CH2]=[Zr+2].[H-].[H-]. The summed E-state index contributed by atoms with van der Waals surface area (Å²) in [5.41, 5.74) is 3.16. The third-order valence-corrected chi connectivity index (χ3v) is 4.42. The Morgan fingerprint density at radius 3 is 1.75 bits per heavy atom. The van der Waals surface area contributed by atoms with Crippen molar-refractivity contribution in [2.45, 2.75) is 38.5 Å². The fraction of sp³-hybridized carbons (Fsp3) is 0.421. The Morgan fingerprint density at radius 1 is 0.900 bits per heavy atom. The Bertz CT molecular complexity index is 395. The molecule has 0 nitrogen and oxygen atoms in total. The largest absolute Gasteiger partial charge is 1.00 e. The summed E-state index contributed by atoms with van der Waals surface area (Å²) >= 11 is 1.30. The van der Waals surface area contributed by atoms with E-state index in [-0.39, 0.29) is 2.85 Å². The molecule has 0 aliphatic heterocycles. The first kappa shape index (κ1) is 15.8. The van der Waals surface area contributed by atoms with Crippen LogP contribution in [0, 0.1) is 24.7 Å². The van der Waals surface area contributed by atoms with Crippen LogP contribution in [-0.4, -0.2) is 4.21 Å². The molecule has 0 saturated heterocycles. The molecular weight excluding hydrogens is 319 g/mol. The van der Waals surface area contributed by atoms with E-state index in [1.807, 2.05) is 0 Å². The van der Waals surface area contributed by atoms with Crippen LogP contribution in [0.25, 0.3) is 0 Å². The molecule has 2 atom stereocenters. The molecule has 2 fully saturated rings. The van der Waals surface area contributed by atoms with Crippen molar-refractivity contribution in [1.82, 2.24) is 0 Å². The van der Waals surface area contributed by atoms with E-state index in [1.165, 1.54) is 62.8 Å². The predicted octanol–water partition coefficient (Wildman–Crippen LogP) is 5.16. The van der Waals surface area contributed by atoms with E-state index in [4.69, 9.17) is 0 Å². The molecule has 0 radical (unpaired) electrons. The second kappa shape index (κ2) is 8.68. The molecule has 0 heterocycles. The summed E-state index contributed by atoms with van der Waals surface area (Å²) in [7, 11) is 0.